The first kappa shape index (κ1) is 14.5. The molecule has 6 nitrogen and oxygen atoms in total. The van der Waals surface area contributed by atoms with E-state index in [1.54, 1.807) is 18.2 Å². The maximum absolute atomic E-state index is 12.9. The molecule has 4 rings (SSSR count). The van der Waals surface area contributed by atoms with Crippen LogP contribution in [-0.4, -0.2) is 49.1 Å². The Bertz CT molecular complexity index is 635. The van der Waals surface area contributed by atoms with Gasteiger partial charge in [0.05, 0.1) is 12.3 Å². The molecule has 1 aromatic carbocycles. The van der Waals surface area contributed by atoms with Crippen LogP contribution in [-0.2, 0) is 9.53 Å². The van der Waals surface area contributed by atoms with Crippen molar-refractivity contribution in [1.82, 2.24) is 4.90 Å². The summed E-state index contributed by atoms with van der Waals surface area (Å²) in [5, 5.41) is 2.74. The smallest absolute Gasteiger partial charge is 0.262 e. The fourth-order valence-corrected chi connectivity index (χ4v) is 3.16. The molecule has 3 aliphatic rings. The van der Waals surface area contributed by atoms with Crippen molar-refractivity contribution in [3.63, 3.8) is 0 Å². The van der Waals surface area contributed by atoms with Gasteiger partial charge in [0, 0.05) is 30.7 Å². The van der Waals surface area contributed by atoms with Crippen LogP contribution in [0.2, 0.25) is 0 Å². The second-order valence-electron chi connectivity index (χ2n) is 6.47. The van der Waals surface area contributed by atoms with E-state index >= 15 is 0 Å². The van der Waals surface area contributed by atoms with Crippen LogP contribution in [0.5, 0.6) is 5.75 Å². The molecule has 0 unspecified atom stereocenters. The third-order valence-corrected chi connectivity index (χ3v) is 4.59. The normalized spacial score (nSPS) is 23.0. The molecule has 0 aromatic heterocycles. The SMILES string of the molecule is O=C1COc2cc(C(=O)N(C[C@H]3CCOC3)C3CC3)ccc2N1. The topological polar surface area (TPSA) is 67.9 Å². The highest BCUT2D eigenvalue weighted by Gasteiger charge is 2.35. The zero-order valence-corrected chi connectivity index (χ0v) is 12.9. The largest absolute Gasteiger partial charge is 0.482 e. The predicted molar refractivity (Wildman–Crippen MR) is 83.6 cm³/mol. The molecule has 2 amide bonds. The molecular formula is C17H20N2O4. The van der Waals surface area contributed by atoms with Crippen LogP contribution in [0.1, 0.15) is 29.6 Å². The molecule has 0 bridgehead atoms. The number of rotatable bonds is 4. The highest BCUT2D eigenvalue weighted by atomic mass is 16.5. The summed E-state index contributed by atoms with van der Waals surface area (Å²) in [6, 6.07) is 5.59. The highest BCUT2D eigenvalue weighted by Crippen LogP contribution is 2.33. The molecule has 1 saturated heterocycles. The molecule has 23 heavy (non-hydrogen) atoms. The van der Waals surface area contributed by atoms with Crippen LogP contribution in [0.25, 0.3) is 0 Å². The first-order valence-corrected chi connectivity index (χ1v) is 8.16. The summed E-state index contributed by atoms with van der Waals surface area (Å²) in [6.45, 7) is 2.30. The van der Waals surface area contributed by atoms with Crippen LogP contribution in [0.4, 0.5) is 5.69 Å². The number of carbonyl (C=O) groups excluding carboxylic acids is 2. The summed E-state index contributed by atoms with van der Waals surface area (Å²) >= 11 is 0. The number of benzene rings is 1. The second-order valence-corrected chi connectivity index (χ2v) is 6.47. The van der Waals surface area contributed by atoms with E-state index in [1.807, 2.05) is 4.90 Å². The van der Waals surface area contributed by atoms with Gasteiger partial charge in [-0.15, -0.1) is 0 Å². The molecule has 1 atom stereocenters. The Morgan fingerprint density at radius 1 is 1.30 bits per heavy atom. The van der Waals surface area contributed by atoms with E-state index < -0.39 is 0 Å². The lowest BCUT2D eigenvalue weighted by Gasteiger charge is -2.26. The van der Waals surface area contributed by atoms with Crippen molar-refractivity contribution in [2.45, 2.75) is 25.3 Å². The minimum Gasteiger partial charge on any atom is -0.482 e. The lowest BCUT2D eigenvalue weighted by atomic mass is 10.1. The van der Waals surface area contributed by atoms with Crippen molar-refractivity contribution >= 4 is 17.5 Å². The zero-order chi connectivity index (χ0) is 15.8. The minimum absolute atomic E-state index is 0.00358. The van der Waals surface area contributed by atoms with Gasteiger partial charge in [-0.2, -0.15) is 0 Å². The number of fused-ring (bicyclic) bond motifs is 1. The maximum atomic E-state index is 12.9. The molecule has 1 N–H and O–H groups in total. The van der Waals surface area contributed by atoms with Crippen molar-refractivity contribution < 1.29 is 19.1 Å². The zero-order valence-electron chi connectivity index (χ0n) is 12.9. The fourth-order valence-electron chi connectivity index (χ4n) is 3.16. The molecule has 1 saturated carbocycles. The number of carbonyl (C=O) groups is 2. The molecule has 2 aliphatic heterocycles. The van der Waals surface area contributed by atoms with Crippen molar-refractivity contribution in [2.75, 3.05) is 31.7 Å². The molecule has 0 spiro atoms. The fraction of sp³-hybridized carbons (Fsp3) is 0.529. The molecule has 6 heteroatoms. The summed E-state index contributed by atoms with van der Waals surface area (Å²) in [6.07, 6.45) is 3.18. The first-order valence-electron chi connectivity index (χ1n) is 8.16. The molecule has 2 fully saturated rings. The van der Waals surface area contributed by atoms with Crippen molar-refractivity contribution in [2.24, 2.45) is 5.92 Å². The standard InChI is InChI=1S/C17H20N2O4/c20-16-10-23-15-7-12(1-4-14(15)18-16)17(21)19(13-2-3-13)8-11-5-6-22-9-11/h1,4,7,11,13H,2-3,5-6,8-10H2,(H,18,20)/t11-/m1/s1. The van der Waals surface area contributed by atoms with Crippen LogP contribution < -0.4 is 10.1 Å². The number of hydrogen-bond donors (Lipinski definition) is 1. The Kier molecular flexibility index (Phi) is 3.69. The molecule has 2 heterocycles. The van der Waals surface area contributed by atoms with E-state index in [0.717, 1.165) is 39.0 Å². The van der Waals surface area contributed by atoms with E-state index in [1.165, 1.54) is 0 Å². The van der Waals surface area contributed by atoms with Gasteiger partial charge in [0.15, 0.2) is 6.61 Å². The molecule has 1 aromatic rings. The minimum atomic E-state index is -0.169. The van der Waals surface area contributed by atoms with Gasteiger partial charge < -0.3 is 19.7 Å². The van der Waals surface area contributed by atoms with E-state index in [0.29, 0.717) is 29.0 Å². The Hall–Kier alpha value is -2.08. The third kappa shape index (κ3) is 3.03. The van der Waals surface area contributed by atoms with Crippen molar-refractivity contribution in [1.29, 1.82) is 0 Å². The van der Waals surface area contributed by atoms with Crippen molar-refractivity contribution in [3.8, 4) is 5.75 Å². The van der Waals surface area contributed by atoms with Gasteiger partial charge in [-0.3, -0.25) is 9.59 Å². The summed E-state index contributed by atoms with van der Waals surface area (Å²) in [5.41, 5.74) is 1.24. The summed E-state index contributed by atoms with van der Waals surface area (Å²) in [4.78, 5) is 26.2. The Morgan fingerprint density at radius 2 is 2.17 bits per heavy atom. The van der Waals surface area contributed by atoms with Crippen LogP contribution in [0.15, 0.2) is 18.2 Å². The summed E-state index contributed by atoms with van der Waals surface area (Å²) in [7, 11) is 0. The molecular weight excluding hydrogens is 296 g/mol. The molecule has 0 radical (unpaired) electrons. The Morgan fingerprint density at radius 3 is 2.91 bits per heavy atom. The average molecular weight is 316 g/mol. The van der Waals surface area contributed by atoms with Gasteiger partial charge in [0.25, 0.3) is 11.8 Å². The van der Waals surface area contributed by atoms with Gasteiger partial charge in [0.2, 0.25) is 0 Å². The lowest BCUT2D eigenvalue weighted by Crippen LogP contribution is -2.37. The average Bonchev–Trinajstić information content (AvgIpc) is 3.27. The Labute approximate surface area is 134 Å². The van der Waals surface area contributed by atoms with Gasteiger partial charge >= 0.3 is 0 Å². The van der Waals surface area contributed by atoms with Gasteiger partial charge in [0.1, 0.15) is 5.75 Å². The third-order valence-electron chi connectivity index (χ3n) is 4.59. The lowest BCUT2D eigenvalue weighted by molar-refractivity contribution is -0.118. The first-order chi connectivity index (χ1) is 11.2. The molecule has 122 valence electrons. The number of nitrogens with one attached hydrogen (secondary N) is 1. The highest BCUT2D eigenvalue weighted by molar-refractivity contribution is 5.99. The number of amides is 2. The van der Waals surface area contributed by atoms with E-state index in [9.17, 15) is 9.59 Å². The molecule has 1 aliphatic carbocycles. The number of hydrogen-bond acceptors (Lipinski definition) is 4. The summed E-state index contributed by atoms with van der Waals surface area (Å²) in [5.74, 6) is 0.878. The van der Waals surface area contributed by atoms with E-state index in [-0.39, 0.29) is 18.4 Å². The summed E-state index contributed by atoms with van der Waals surface area (Å²) < 4.78 is 10.8. The van der Waals surface area contributed by atoms with E-state index in [4.69, 9.17) is 9.47 Å². The van der Waals surface area contributed by atoms with Crippen LogP contribution in [0.3, 0.4) is 0 Å². The number of ether oxygens (including phenoxy) is 2. The van der Waals surface area contributed by atoms with Gasteiger partial charge in [-0.25, -0.2) is 0 Å². The second kappa shape index (κ2) is 5.85. The predicted octanol–water partition coefficient (Wildman–Crippen LogP) is 1.66. The van der Waals surface area contributed by atoms with Crippen molar-refractivity contribution in [3.05, 3.63) is 23.8 Å². The monoisotopic (exact) mass is 316 g/mol. The maximum Gasteiger partial charge on any atom is 0.262 e. The number of nitrogens with zero attached hydrogens (tertiary/aromatic N) is 1. The van der Waals surface area contributed by atoms with E-state index in [2.05, 4.69) is 5.32 Å². The Balaban J connectivity index is 1.53. The van der Waals surface area contributed by atoms with Gasteiger partial charge in [-0.05, 0) is 37.5 Å². The van der Waals surface area contributed by atoms with Crippen LogP contribution >= 0.6 is 0 Å². The van der Waals surface area contributed by atoms with Gasteiger partial charge in [-0.1, -0.05) is 0 Å². The van der Waals surface area contributed by atoms with Crippen LogP contribution in [0, 0.1) is 5.92 Å². The number of anilines is 1. The quantitative estimate of drug-likeness (QED) is 0.917.